The highest BCUT2D eigenvalue weighted by atomic mass is 35.5. The summed E-state index contributed by atoms with van der Waals surface area (Å²) in [6.45, 7) is 8.16. The molecule has 0 spiro atoms. The largest absolute Gasteiger partial charge is 0.483 e. The van der Waals surface area contributed by atoms with E-state index in [0.717, 1.165) is 36.8 Å². The van der Waals surface area contributed by atoms with E-state index in [4.69, 9.17) is 16.3 Å². The van der Waals surface area contributed by atoms with Crippen LogP contribution in [0, 0.1) is 18.3 Å². The van der Waals surface area contributed by atoms with E-state index in [1.54, 1.807) is 23.5 Å². The van der Waals surface area contributed by atoms with Crippen LogP contribution in [0.4, 0.5) is 5.00 Å². The molecule has 0 aliphatic heterocycles. The van der Waals surface area contributed by atoms with Crippen LogP contribution in [-0.4, -0.2) is 26.4 Å². The van der Waals surface area contributed by atoms with Gasteiger partial charge >= 0.3 is 0 Å². The lowest BCUT2D eigenvalue weighted by Crippen LogP contribution is -2.15. The molecule has 1 atom stereocenters. The molecule has 1 N–H and O–H groups in total. The number of carbonyl (C=O) groups is 1. The van der Waals surface area contributed by atoms with Crippen molar-refractivity contribution in [3.8, 4) is 11.8 Å². The monoisotopic (exact) mass is 555 g/mol. The third-order valence-electron chi connectivity index (χ3n) is 6.23. The van der Waals surface area contributed by atoms with Crippen LogP contribution in [0.25, 0.3) is 0 Å². The second-order valence-corrected chi connectivity index (χ2v) is 11.4. The van der Waals surface area contributed by atoms with Crippen LogP contribution in [0.3, 0.4) is 0 Å². The van der Waals surface area contributed by atoms with Gasteiger partial charge in [0.1, 0.15) is 16.8 Å². The highest BCUT2D eigenvalue weighted by Gasteiger charge is 2.22. The van der Waals surface area contributed by atoms with E-state index in [1.807, 2.05) is 30.5 Å². The number of amides is 1. The summed E-state index contributed by atoms with van der Waals surface area (Å²) < 4.78 is 7.99. The van der Waals surface area contributed by atoms with E-state index in [2.05, 4.69) is 28.2 Å². The van der Waals surface area contributed by atoms with Crippen molar-refractivity contribution < 1.29 is 9.53 Å². The number of halogens is 1. The zero-order chi connectivity index (χ0) is 26.4. The van der Waals surface area contributed by atoms with Gasteiger partial charge in [-0.25, -0.2) is 0 Å². The van der Waals surface area contributed by atoms with Crippen molar-refractivity contribution in [1.82, 2.24) is 14.8 Å². The van der Waals surface area contributed by atoms with Gasteiger partial charge in [0.25, 0.3) is 0 Å². The number of anilines is 1. The molecule has 0 bridgehead atoms. The van der Waals surface area contributed by atoms with Crippen LogP contribution in [0.15, 0.2) is 36.0 Å². The van der Waals surface area contributed by atoms with Crippen LogP contribution >= 0.6 is 34.7 Å². The maximum absolute atomic E-state index is 12.9. The lowest BCUT2D eigenvalue weighted by atomic mass is 9.97. The van der Waals surface area contributed by atoms with Crippen LogP contribution in [0.2, 0.25) is 5.02 Å². The average molecular weight is 556 g/mol. The number of rotatable bonds is 9. The van der Waals surface area contributed by atoms with Gasteiger partial charge in [-0.3, -0.25) is 9.36 Å². The quantitative estimate of drug-likeness (QED) is 0.228. The summed E-state index contributed by atoms with van der Waals surface area (Å²) in [4.78, 5) is 14.1. The summed E-state index contributed by atoms with van der Waals surface area (Å²) in [6, 6.07) is 7.84. The summed E-state index contributed by atoms with van der Waals surface area (Å²) in [5.74, 6) is 1.30. The molecule has 2 heterocycles. The molecule has 194 valence electrons. The molecular formula is C27H30ClN5O2S2. The zero-order valence-electron chi connectivity index (χ0n) is 21.1. The number of hydrogen-bond donors (Lipinski definition) is 1. The van der Waals surface area contributed by atoms with Crippen LogP contribution in [0.5, 0.6) is 5.75 Å². The zero-order valence-corrected chi connectivity index (χ0v) is 23.4. The first-order valence-corrected chi connectivity index (χ1v) is 14.5. The van der Waals surface area contributed by atoms with Crippen LogP contribution in [0.1, 0.15) is 66.1 Å². The SMILES string of the molecule is C=CCn1c(SCC(=O)Nc2sc3c(c2C#N)CCCCCC3)nnc1C(C)Oc1ccc(Cl)c(C)c1. The summed E-state index contributed by atoms with van der Waals surface area (Å²) in [5, 5.41) is 23.4. The van der Waals surface area contributed by atoms with Gasteiger partial charge in [0, 0.05) is 16.4 Å². The first-order chi connectivity index (χ1) is 17.9. The van der Waals surface area contributed by atoms with E-state index in [9.17, 15) is 10.1 Å². The predicted octanol–water partition coefficient (Wildman–Crippen LogP) is 6.89. The topological polar surface area (TPSA) is 92.8 Å². The Labute approximate surface area is 230 Å². The van der Waals surface area contributed by atoms with Gasteiger partial charge in [-0.1, -0.05) is 42.3 Å². The van der Waals surface area contributed by atoms with Gasteiger partial charge in [0.2, 0.25) is 5.91 Å². The molecule has 10 heteroatoms. The Morgan fingerprint density at radius 1 is 1.35 bits per heavy atom. The number of hydrogen-bond acceptors (Lipinski definition) is 7. The molecule has 0 fully saturated rings. The first-order valence-electron chi connectivity index (χ1n) is 12.3. The number of allylic oxidation sites excluding steroid dienone is 1. The number of nitriles is 1. The first kappa shape index (κ1) is 27.2. The van der Waals surface area contributed by atoms with Gasteiger partial charge in [-0.2, -0.15) is 5.26 Å². The highest BCUT2D eigenvalue weighted by Crippen LogP contribution is 2.37. The Bertz CT molecular complexity index is 1330. The second kappa shape index (κ2) is 12.6. The van der Waals surface area contributed by atoms with Crippen molar-refractivity contribution in [3.05, 3.63) is 63.3 Å². The normalized spacial score (nSPS) is 14.1. The van der Waals surface area contributed by atoms with Crippen LogP contribution < -0.4 is 10.1 Å². The minimum atomic E-state index is -0.375. The summed E-state index contributed by atoms with van der Waals surface area (Å²) in [6.07, 6.45) is 7.88. The van der Waals surface area contributed by atoms with Crippen molar-refractivity contribution in [2.24, 2.45) is 0 Å². The minimum absolute atomic E-state index is 0.147. The van der Waals surface area contributed by atoms with E-state index in [0.29, 0.717) is 38.9 Å². The maximum Gasteiger partial charge on any atom is 0.235 e. The number of nitrogens with zero attached hydrogens (tertiary/aromatic N) is 4. The fraction of sp³-hybridized carbons (Fsp3) is 0.407. The van der Waals surface area contributed by atoms with Crippen molar-refractivity contribution in [3.63, 3.8) is 0 Å². The van der Waals surface area contributed by atoms with Crippen molar-refractivity contribution in [2.75, 3.05) is 11.1 Å². The number of nitrogens with one attached hydrogen (secondary N) is 1. The lowest BCUT2D eigenvalue weighted by molar-refractivity contribution is -0.113. The molecule has 1 amide bonds. The van der Waals surface area contributed by atoms with Crippen LogP contribution in [-0.2, 0) is 24.2 Å². The molecule has 4 rings (SSSR count). The van der Waals surface area contributed by atoms with E-state index in [1.165, 1.54) is 29.5 Å². The number of ether oxygens (including phenoxy) is 1. The van der Waals surface area contributed by atoms with Gasteiger partial charge in [0.05, 0.1) is 11.3 Å². The van der Waals surface area contributed by atoms with E-state index in [-0.39, 0.29) is 17.8 Å². The third-order valence-corrected chi connectivity index (χ3v) is 8.83. The molecule has 1 aromatic carbocycles. The third kappa shape index (κ3) is 6.56. The molecule has 0 saturated carbocycles. The fourth-order valence-electron chi connectivity index (χ4n) is 4.37. The molecule has 1 unspecified atom stereocenters. The number of carbonyl (C=O) groups excluding carboxylic acids is 1. The number of aryl methyl sites for hydroxylation is 2. The molecule has 37 heavy (non-hydrogen) atoms. The summed E-state index contributed by atoms with van der Waals surface area (Å²) in [7, 11) is 0. The van der Waals surface area contributed by atoms with E-state index < -0.39 is 0 Å². The Kier molecular flexibility index (Phi) is 9.30. The Morgan fingerprint density at radius 3 is 2.86 bits per heavy atom. The standard InChI is InChI=1S/C27H30ClN5O2S2/c1-4-13-33-25(18(3)35-19-11-12-22(28)17(2)14-19)31-32-27(33)36-16-24(34)30-26-21(15-29)20-9-7-5-6-8-10-23(20)37-26/h4,11-12,14,18H,1,5-10,13,16H2,2-3H3,(H,30,34). The molecule has 0 saturated heterocycles. The van der Waals surface area contributed by atoms with Gasteiger partial charge < -0.3 is 10.1 Å². The number of benzene rings is 1. The predicted molar refractivity (Wildman–Crippen MR) is 150 cm³/mol. The number of aromatic nitrogens is 3. The molecule has 7 nitrogen and oxygen atoms in total. The molecule has 1 aliphatic rings. The Balaban J connectivity index is 1.44. The van der Waals surface area contributed by atoms with Gasteiger partial charge in [0.15, 0.2) is 17.1 Å². The maximum atomic E-state index is 12.9. The van der Waals surface area contributed by atoms with Crippen molar-refractivity contribution in [2.45, 2.75) is 70.2 Å². The number of thioether (sulfide) groups is 1. The molecule has 3 aromatic rings. The number of fused-ring (bicyclic) bond motifs is 1. The summed E-state index contributed by atoms with van der Waals surface area (Å²) in [5.41, 5.74) is 2.68. The van der Waals surface area contributed by atoms with Crippen molar-refractivity contribution >= 4 is 45.6 Å². The smallest absolute Gasteiger partial charge is 0.235 e. The number of thiophene rings is 1. The second-order valence-electron chi connectivity index (χ2n) is 8.98. The summed E-state index contributed by atoms with van der Waals surface area (Å²) >= 11 is 8.97. The van der Waals surface area contributed by atoms with E-state index >= 15 is 0 Å². The Hall–Kier alpha value is -2.80. The molecule has 1 aliphatic carbocycles. The molecule has 2 aromatic heterocycles. The van der Waals surface area contributed by atoms with Gasteiger partial charge in [-0.05, 0) is 68.9 Å². The van der Waals surface area contributed by atoms with Gasteiger partial charge in [-0.15, -0.1) is 28.1 Å². The average Bonchev–Trinajstić information content (AvgIpc) is 3.40. The molecule has 0 radical (unpaired) electrons. The lowest BCUT2D eigenvalue weighted by Gasteiger charge is -2.16. The Morgan fingerprint density at radius 2 is 2.14 bits per heavy atom. The molecular weight excluding hydrogens is 526 g/mol. The fourth-order valence-corrected chi connectivity index (χ4v) is 6.50. The minimum Gasteiger partial charge on any atom is -0.483 e. The van der Waals surface area contributed by atoms with Crippen molar-refractivity contribution in [1.29, 1.82) is 5.26 Å². The highest BCUT2D eigenvalue weighted by molar-refractivity contribution is 7.99.